The molecule has 0 saturated heterocycles. The van der Waals surface area contributed by atoms with Gasteiger partial charge in [0.1, 0.15) is 5.15 Å². The maximum atomic E-state index is 12.4. The average Bonchev–Trinajstić information content (AvgIpc) is 2.09. The zero-order chi connectivity index (χ0) is 9.84. The monoisotopic (exact) mass is 206 g/mol. The molecule has 1 atom stereocenters. The van der Waals surface area contributed by atoms with Crippen molar-refractivity contribution >= 4 is 11.6 Å². The number of halogens is 3. The first-order valence-electron chi connectivity index (χ1n) is 3.75. The van der Waals surface area contributed by atoms with Crippen molar-refractivity contribution in [1.29, 1.82) is 0 Å². The minimum atomic E-state index is -2.51. The van der Waals surface area contributed by atoms with Crippen LogP contribution in [0.4, 0.5) is 8.78 Å². The van der Waals surface area contributed by atoms with E-state index in [-0.39, 0.29) is 11.7 Å². The second-order valence-electron chi connectivity index (χ2n) is 2.56. The van der Waals surface area contributed by atoms with E-state index in [9.17, 15) is 8.78 Å². The molecule has 0 fully saturated rings. The fourth-order valence-corrected chi connectivity index (χ4v) is 1.30. The van der Waals surface area contributed by atoms with Crippen molar-refractivity contribution in [3.05, 3.63) is 29.0 Å². The van der Waals surface area contributed by atoms with Gasteiger partial charge in [0, 0.05) is 12.7 Å². The van der Waals surface area contributed by atoms with E-state index in [0.717, 1.165) is 0 Å². The summed E-state index contributed by atoms with van der Waals surface area (Å²) in [7, 11) is 0. The van der Waals surface area contributed by atoms with Gasteiger partial charge in [-0.15, -0.1) is 0 Å². The quantitative estimate of drug-likeness (QED) is 0.769. The Balaban J connectivity index is 2.97. The summed E-state index contributed by atoms with van der Waals surface area (Å²) in [4.78, 5) is 3.71. The van der Waals surface area contributed by atoms with E-state index in [0.29, 0.717) is 5.56 Å². The molecule has 2 N–H and O–H groups in total. The van der Waals surface area contributed by atoms with E-state index in [2.05, 4.69) is 4.98 Å². The summed E-state index contributed by atoms with van der Waals surface area (Å²) in [5.74, 6) is -1.03. The third-order valence-electron chi connectivity index (χ3n) is 1.75. The Morgan fingerprint density at radius 1 is 1.54 bits per heavy atom. The molecule has 0 aliphatic carbocycles. The summed E-state index contributed by atoms with van der Waals surface area (Å²) in [5.41, 5.74) is 5.52. The third kappa shape index (κ3) is 2.35. The molecule has 1 aromatic rings. The van der Waals surface area contributed by atoms with Gasteiger partial charge in [-0.05, 0) is 11.6 Å². The Bertz CT molecular complexity index is 281. The lowest BCUT2D eigenvalue weighted by Gasteiger charge is -2.14. The van der Waals surface area contributed by atoms with Gasteiger partial charge in [0.2, 0.25) is 6.43 Å². The zero-order valence-corrected chi connectivity index (χ0v) is 7.51. The normalized spacial score (nSPS) is 13.3. The highest BCUT2D eigenvalue weighted by molar-refractivity contribution is 6.30. The van der Waals surface area contributed by atoms with Crippen LogP contribution in [0.5, 0.6) is 0 Å². The van der Waals surface area contributed by atoms with Crippen LogP contribution in [-0.2, 0) is 0 Å². The predicted octanol–water partition coefficient (Wildman–Crippen LogP) is 2.04. The molecule has 0 spiro atoms. The lowest BCUT2D eigenvalue weighted by molar-refractivity contribution is 0.117. The first-order valence-corrected chi connectivity index (χ1v) is 4.13. The highest BCUT2D eigenvalue weighted by Gasteiger charge is 2.23. The maximum absolute atomic E-state index is 12.4. The van der Waals surface area contributed by atoms with Gasteiger partial charge in [0.05, 0.1) is 5.92 Å². The highest BCUT2D eigenvalue weighted by atomic mass is 35.5. The summed E-state index contributed by atoms with van der Waals surface area (Å²) in [5, 5.41) is 0.0956. The van der Waals surface area contributed by atoms with Gasteiger partial charge >= 0.3 is 0 Å². The van der Waals surface area contributed by atoms with Crippen LogP contribution >= 0.6 is 11.6 Å². The summed E-state index contributed by atoms with van der Waals surface area (Å²) in [6.07, 6.45) is -1.06. The van der Waals surface area contributed by atoms with Crippen LogP contribution in [-0.4, -0.2) is 18.0 Å². The Kier molecular flexibility index (Phi) is 3.57. The molecule has 13 heavy (non-hydrogen) atoms. The number of nitrogens with zero attached hydrogens (tertiary/aromatic N) is 1. The second-order valence-corrected chi connectivity index (χ2v) is 2.92. The van der Waals surface area contributed by atoms with E-state index in [4.69, 9.17) is 17.3 Å². The smallest absolute Gasteiger partial charge is 0.246 e. The highest BCUT2D eigenvalue weighted by Crippen LogP contribution is 2.26. The number of aromatic nitrogens is 1. The number of rotatable bonds is 3. The molecule has 0 aliphatic rings. The Morgan fingerprint density at radius 2 is 2.23 bits per heavy atom. The predicted molar refractivity (Wildman–Crippen MR) is 47.0 cm³/mol. The molecule has 0 bridgehead atoms. The van der Waals surface area contributed by atoms with Crippen molar-refractivity contribution in [2.45, 2.75) is 12.3 Å². The summed E-state index contributed by atoms with van der Waals surface area (Å²) in [6.45, 7) is -0.136. The van der Waals surface area contributed by atoms with Crippen molar-refractivity contribution in [3.63, 3.8) is 0 Å². The van der Waals surface area contributed by atoms with Crippen molar-refractivity contribution in [3.8, 4) is 0 Å². The van der Waals surface area contributed by atoms with Crippen molar-refractivity contribution in [2.75, 3.05) is 6.54 Å². The van der Waals surface area contributed by atoms with Crippen LogP contribution in [0.15, 0.2) is 18.3 Å². The Hall–Kier alpha value is -0.740. The molecule has 1 heterocycles. The molecule has 5 heteroatoms. The fourth-order valence-electron chi connectivity index (χ4n) is 1.04. The molecule has 72 valence electrons. The Morgan fingerprint density at radius 3 is 2.69 bits per heavy atom. The van der Waals surface area contributed by atoms with E-state index < -0.39 is 12.3 Å². The molecule has 0 radical (unpaired) electrons. The number of hydrogen-bond acceptors (Lipinski definition) is 2. The van der Waals surface area contributed by atoms with Gasteiger partial charge in [-0.3, -0.25) is 0 Å². The van der Waals surface area contributed by atoms with Crippen LogP contribution in [0.1, 0.15) is 11.5 Å². The van der Waals surface area contributed by atoms with Crippen molar-refractivity contribution in [2.24, 2.45) is 5.73 Å². The fraction of sp³-hybridized carbons (Fsp3) is 0.375. The second kappa shape index (κ2) is 4.48. The van der Waals surface area contributed by atoms with E-state index in [1.165, 1.54) is 12.3 Å². The number of hydrogen-bond donors (Lipinski definition) is 1. The molecule has 0 aliphatic heterocycles. The van der Waals surface area contributed by atoms with Crippen molar-refractivity contribution < 1.29 is 8.78 Å². The number of alkyl halides is 2. The molecular weight excluding hydrogens is 198 g/mol. The minimum absolute atomic E-state index is 0.0956. The molecule has 1 rings (SSSR count). The SMILES string of the molecule is NCC(c1cccnc1Cl)C(F)F. The topological polar surface area (TPSA) is 38.9 Å². The van der Waals surface area contributed by atoms with E-state index >= 15 is 0 Å². The molecule has 0 aromatic carbocycles. The third-order valence-corrected chi connectivity index (χ3v) is 2.06. The average molecular weight is 207 g/mol. The maximum Gasteiger partial charge on any atom is 0.246 e. The summed E-state index contributed by atoms with van der Waals surface area (Å²) in [6, 6.07) is 3.07. The minimum Gasteiger partial charge on any atom is -0.330 e. The first-order chi connectivity index (χ1) is 6.16. The first kappa shape index (κ1) is 10.3. The summed E-state index contributed by atoms with van der Waals surface area (Å²) < 4.78 is 24.8. The van der Waals surface area contributed by atoms with Gasteiger partial charge < -0.3 is 5.73 Å². The molecule has 0 amide bonds. The molecule has 0 saturated carbocycles. The van der Waals surface area contributed by atoms with Gasteiger partial charge in [0.25, 0.3) is 0 Å². The molecular formula is C8H9ClF2N2. The lowest BCUT2D eigenvalue weighted by Crippen LogP contribution is -2.20. The van der Waals surface area contributed by atoms with Gasteiger partial charge in [-0.1, -0.05) is 17.7 Å². The molecule has 1 aromatic heterocycles. The number of nitrogens with two attached hydrogens (primary N) is 1. The van der Waals surface area contributed by atoms with E-state index in [1.54, 1.807) is 6.07 Å². The van der Waals surface area contributed by atoms with Crippen LogP contribution < -0.4 is 5.73 Å². The zero-order valence-electron chi connectivity index (χ0n) is 6.75. The largest absolute Gasteiger partial charge is 0.330 e. The standard InChI is InChI=1S/C8H9ClF2N2/c9-7-5(2-1-3-13-7)6(4-12)8(10)11/h1-3,6,8H,4,12H2. The van der Waals surface area contributed by atoms with Crippen LogP contribution in [0.2, 0.25) is 5.15 Å². The van der Waals surface area contributed by atoms with Crippen LogP contribution in [0.25, 0.3) is 0 Å². The van der Waals surface area contributed by atoms with Crippen LogP contribution in [0.3, 0.4) is 0 Å². The lowest BCUT2D eigenvalue weighted by atomic mass is 10.0. The van der Waals surface area contributed by atoms with E-state index in [1.807, 2.05) is 0 Å². The molecule has 2 nitrogen and oxygen atoms in total. The van der Waals surface area contributed by atoms with Gasteiger partial charge in [-0.2, -0.15) is 0 Å². The van der Waals surface area contributed by atoms with Crippen LogP contribution in [0, 0.1) is 0 Å². The number of pyridine rings is 1. The van der Waals surface area contributed by atoms with Gasteiger partial charge in [-0.25, -0.2) is 13.8 Å². The van der Waals surface area contributed by atoms with Gasteiger partial charge in [0.15, 0.2) is 0 Å². The molecule has 1 unspecified atom stereocenters. The summed E-state index contributed by atoms with van der Waals surface area (Å²) >= 11 is 5.64. The Labute approximate surface area is 79.7 Å². The van der Waals surface area contributed by atoms with Crippen molar-refractivity contribution in [1.82, 2.24) is 4.98 Å².